The molecule has 1 aromatic carbocycles. The van der Waals surface area contributed by atoms with Crippen LogP contribution in [0.3, 0.4) is 0 Å². The number of imidazole rings is 1. The molecule has 0 bridgehead atoms. The summed E-state index contributed by atoms with van der Waals surface area (Å²) in [6, 6.07) is 11.5. The van der Waals surface area contributed by atoms with E-state index in [1.807, 2.05) is 52.9 Å². The third-order valence-electron chi connectivity index (χ3n) is 5.71. The molecule has 1 aliphatic heterocycles. The Morgan fingerprint density at radius 1 is 1.12 bits per heavy atom. The molecule has 1 aliphatic rings. The molecule has 1 saturated heterocycles. The normalized spacial score (nSPS) is 13.6. The highest BCUT2D eigenvalue weighted by Gasteiger charge is 2.20. The summed E-state index contributed by atoms with van der Waals surface area (Å²) in [5, 5.41) is 10.7. The summed E-state index contributed by atoms with van der Waals surface area (Å²) in [4.78, 5) is 27.8. The molecule has 2 N–H and O–H groups in total. The fraction of sp³-hybridized carbons (Fsp3) is 0.348. The molecule has 0 atom stereocenters. The Morgan fingerprint density at radius 3 is 2.76 bits per heavy atom. The van der Waals surface area contributed by atoms with Gasteiger partial charge in [0.1, 0.15) is 18.2 Å². The lowest BCUT2D eigenvalue weighted by Crippen LogP contribution is -2.28. The maximum absolute atomic E-state index is 12.0. The third-order valence-corrected chi connectivity index (χ3v) is 5.71. The lowest BCUT2D eigenvalue weighted by Gasteiger charge is -2.16. The summed E-state index contributed by atoms with van der Waals surface area (Å²) < 4.78 is 9.46. The number of nitrogens with zero attached hydrogens (tertiary/aromatic N) is 7. The van der Waals surface area contributed by atoms with Crippen LogP contribution in [0.15, 0.2) is 48.9 Å². The molecule has 0 radical (unpaired) electrons. The summed E-state index contributed by atoms with van der Waals surface area (Å²) in [6.45, 7) is 3.06. The van der Waals surface area contributed by atoms with Crippen LogP contribution >= 0.6 is 0 Å². The van der Waals surface area contributed by atoms with E-state index in [0.29, 0.717) is 55.6 Å². The second-order valence-electron chi connectivity index (χ2n) is 8.04. The van der Waals surface area contributed by atoms with Gasteiger partial charge in [0, 0.05) is 39.2 Å². The largest absolute Gasteiger partial charge is 0.492 e. The molecule has 4 aromatic rings. The van der Waals surface area contributed by atoms with Crippen LogP contribution in [0.4, 0.5) is 17.6 Å². The van der Waals surface area contributed by atoms with Crippen molar-refractivity contribution in [2.24, 2.45) is 7.05 Å². The lowest BCUT2D eigenvalue weighted by molar-refractivity contribution is -0.127. The van der Waals surface area contributed by atoms with E-state index >= 15 is 0 Å². The Labute approximate surface area is 196 Å². The van der Waals surface area contributed by atoms with Crippen LogP contribution in [0.1, 0.15) is 12.8 Å². The molecule has 5 rings (SSSR count). The smallest absolute Gasteiger partial charge is 0.232 e. The predicted octanol–water partition coefficient (Wildman–Crippen LogP) is 2.42. The highest BCUT2D eigenvalue weighted by atomic mass is 16.5. The fourth-order valence-corrected chi connectivity index (χ4v) is 3.92. The zero-order valence-corrected chi connectivity index (χ0v) is 19.0. The third kappa shape index (κ3) is 4.77. The van der Waals surface area contributed by atoms with E-state index in [9.17, 15) is 4.79 Å². The number of carbonyl (C=O) groups excluding carboxylic acids is 1. The number of para-hydroxylation sites is 1. The first-order chi connectivity index (χ1) is 16.7. The molecule has 11 nitrogen and oxygen atoms in total. The molecule has 4 heterocycles. The number of carbonyl (C=O) groups is 1. The van der Waals surface area contributed by atoms with Crippen molar-refractivity contribution in [1.82, 2.24) is 34.2 Å². The van der Waals surface area contributed by atoms with Crippen LogP contribution in [0.25, 0.3) is 11.2 Å². The van der Waals surface area contributed by atoms with Gasteiger partial charge in [-0.15, -0.1) is 0 Å². The number of amides is 1. The summed E-state index contributed by atoms with van der Waals surface area (Å²) in [6.07, 6.45) is 5.01. The maximum Gasteiger partial charge on any atom is 0.232 e. The van der Waals surface area contributed by atoms with E-state index in [-0.39, 0.29) is 5.91 Å². The van der Waals surface area contributed by atoms with Gasteiger partial charge in [0.05, 0.1) is 19.1 Å². The van der Waals surface area contributed by atoms with Gasteiger partial charge in [0.25, 0.3) is 0 Å². The molecule has 176 valence electrons. The van der Waals surface area contributed by atoms with Crippen molar-refractivity contribution in [1.29, 1.82) is 0 Å². The van der Waals surface area contributed by atoms with Crippen LogP contribution in [0.5, 0.6) is 5.75 Å². The molecule has 0 aliphatic carbocycles. The number of hydrogen-bond acceptors (Lipinski definition) is 8. The molecule has 11 heteroatoms. The number of fused-ring (bicyclic) bond motifs is 1. The van der Waals surface area contributed by atoms with Gasteiger partial charge in [0.2, 0.25) is 11.9 Å². The van der Waals surface area contributed by atoms with Crippen LogP contribution in [0, 0.1) is 0 Å². The topological polar surface area (TPSA) is 115 Å². The van der Waals surface area contributed by atoms with E-state index in [0.717, 1.165) is 24.5 Å². The zero-order valence-electron chi connectivity index (χ0n) is 19.0. The highest BCUT2D eigenvalue weighted by molar-refractivity contribution is 5.84. The minimum atomic E-state index is 0.207. The van der Waals surface area contributed by atoms with E-state index in [2.05, 4.69) is 25.7 Å². The van der Waals surface area contributed by atoms with Gasteiger partial charge >= 0.3 is 0 Å². The minimum absolute atomic E-state index is 0.207. The Hall–Kier alpha value is -4.15. The first kappa shape index (κ1) is 21.7. The molecule has 1 amide bonds. The number of aromatic nitrogens is 6. The van der Waals surface area contributed by atoms with Gasteiger partial charge in [-0.25, -0.2) is 4.98 Å². The van der Waals surface area contributed by atoms with Crippen molar-refractivity contribution < 1.29 is 9.53 Å². The number of aryl methyl sites for hydroxylation is 1. The van der Waals surface area contributed by atoms with Gasteiger partial charge in [-0.2, -0.15) is 15.1 Å². The van der Waals surface area contributed by atoms with E-state index in [4.69, 9.17) is 9.72 Å². The number of hydrogen-bond donors (Lipinski definition) is 2. The maximum atomic E-state index is 12.0. The summed E-state index contributed by atoms with van der Waals surface area (Å²) in [7, 11) is 1.85. The molecule has 0 unspecified atom stereocenters. The van der Waals surface area contributed by atoms with Gasteiger partial charge in [0.15, 0.2) is 17.0 Å². The zero-order chi connectivity index (χ0) is 23.3. The number of likely N-dealkylation sites (tertiary alicyclic amines) is 1. The lowest BCUT2D eigenvalue weighted by atomic mass is 10.3. The Morgan fingerprint density at radius 2 is 2.00 bits per heavy atom. The van der Waals surface area contributed by atoms with Gasteiger partial charge in [-0.1, -0.05) is 18.2 Å². The minimum Gasteiger partial charge on any atom is -0.492 e. The van der Waals surface area contributed by atoms with Crippen molar-refractivity contribution >= 4 is 34.7 Å². The van der Waals surface area contributed by atoms with Gasteiger partial charge in [-0.05, 0) is 18.6 Å². The van der Waals surface area contributed by atoms with E-state index < -0.39 is 0 Å². The standard InChI is InChI=1S/C23H27N9O2/c1-30-18(9-10-26-30)27-23-28-21(24-11-15-34-17-6-3-2-4-7-17)20-22(29-23)32(16-25-20)14-13-31-12-5-8-19(31)33/h2-4,6-7,9-10,16H,5,8,11-15H2,1H3,(H2,24,27,28,29). The molecular formula is C23H27N9O2. The first-order valence-corrected chi connectivity index (χ1v) is 11.3. The van der Waals surface area contributed by atoms with E-state index in [1.165, 1.54) is 0 Å². The molecular weight excluding hydrogens is 434 g/mol. The summed E-state index contributed by atoms with van der Waals surface area (Å²) in [5.41, 5.74) is 1.36. The highest BCUT2D eigenvalue weighted by Crippen LogP contribution is 2.23. The molecule has 0 spiro atoms. The molecule has 3 aromatic heterocycles. The second-order valence-corrected chi connectivity index (χ2v) is 8.04. The van der Waals surface area contributed by atoms with Crippen LogP contribution in [-0.2, 0) is 18.4 Å². The Balaban J connectivity index is 1.35. The van der Waals surface area contributed by atoms with Crippen molar-refractivity contribution in [3.8, 4) is 5.75 Å². The average molecular weight is 462 g/mol. The van der Waals surface area contributed by atoms with Gasteiger partial charge in [-0.3, -0.25) is 9.48 Å². The summed E-state index contributed by atoms with van der Waals surface area (Å²) in [5.74, 6) is 2.84. The predicted molar refractivity (Wildman–Crippen MR) is 128 cm³/mol. The Kier molecular flexibility index (Phi) is 6.23. The first-order valence-electron chi connectivity index (χ1n) is 11.3. The van der Waals surface area contributed by atoms with Crippen LogP contribution < -0.4 is 15.4 Å². The van der Waals surface area contributed by atoms with Crippen LogP contribution in [-0.4, -0.2) is 66.3 Å². The van der Waals surface area contributed by atoms with Crippen molar-refractivity contribution in [3.63, 3.8) is 0 Å². The van der Waals surface area contributed by atoms with Crippen molar-refractivity contribution in [2.75, 3.05) is 36.9 Å². The molecule has 0 saturated carbocycles. The fourth-order valence-electron chi connectivity index (χ4n) is 3.92. The number of nitrogens with one attached hydrogen (secondary N) is 2. The van der Waals surface area contributed by atoms with Crippen LogP contribution in [0.2, 0.25) is 0 Å². The number of anilines is 3. The summed E-state index contributed by atoms with van der Waals surface area (Å²) >= 11 is 0. The van der Waals surface area contributed by atoms with E-state index in [1.54, 1.807) is 17.2 Å². The Bertz CT molecular complexity index is 1270. The monoisotopic (exact) mass is 461 g/mol. The quantitative estimate of drug-likeness (QED) is 0.346. The molecule has 34 heavy (non-hydrogen) atoms. The number of benzene rings is 1. The second kappa shape index (κ2) is 9.77. The molecule has 1 fully saturated rings. The van der Waals surface area contributed by atoms with Gasteiger partial charge < -0.3 is 24.8 Å². The van der Waals surface area contributed by atoms with Crippen molar-refractivity contribution in [3.05, 3.63) is 48.9 Å². The van der Waals surface area contributed by atoms with Crippen molar-refractivity contribution in [2.45, 2.75) is 19.4 Å². The average Bonchev–Trinajstić information content (AvgIpc) is 3.56. The number of ether oxygens (including phenoxy) is 1. The SMILES string of the molecule is Cn1nccc1Nc1nc(NCCOc2ccccc2)c2ncn(CCN3CCCC3=O)c2n1. The number of rotatable bonds is 10.